The minimum absolute atomic E-state index is 0.0321. The van der Waals surface area contributed by atoms with Gasteiger partial charge >= 0.3 is 0 Å². The van der Waals surface area contributed by atoms with Crippen molar-refractivity contribution in [1.29, 1.82) is 0 Å². The maximum absolute atomic E-state index is 14.0. The lowest BCUT2D eigenvalue weighted by molar-refractivity contribution is -0.0944. The number of likely N-dealkylation sites (N-methyl/N-ethyl adjacent to an activating group) is 1. The van der Waals surface area contributed by atoms with Crippen molar-refractivity contribution >= 4 is 11.8 Å². The van der Waals surface area contributed by atoms with Crippen LogP contribution in [0.4, 0.5) is 8.78 Å². The molecule has 2 amide bonds. The molecular formula is C28H27F2N3O5. The van der Waals surface area contributed by atoms with Crippen molar-refractivity contribution in [3.8, 4) is 5.75 Å². The Hall–Kier alpha value is -4.05. The molecule has 1 aromatic heterocycles. The maximum atomic E-state index is 14.0. The van der Waals surface area contributed by atoms with Gasteiger partial charge in [0.2, 0.25) is 5.43 Å². The second-order valence-electron chi connectivity index (χ2n) is 9.73. The quantitative estimate of drug-likeness (QED) is 0.495. The summed E-state index contributed by atoms with van der Waals surface area (Å²) in [7, 11) is 0. The van der Waals surface area contributed by atoms with Gasteiger partial charge in [0.25, 0.3) is 11.8 Å². The van der Waals surface area contributed by atoms with Crippen LogP contribution in [0, 0.1) is 11.6 Å². The van der Waals surface area contributed by atoms with Crippen LogP contribution in [0.25, 0.3) is 0 Å². The number of halogens is 2. The van der Waals surface area contributed by atoms with Gasteiger partial charge in [0.15, 0.2) is 11.4 Å². The van der Waals surface area contributed by atoms with E-state index in [9.17, 15) is 28.3 Å². The van der Waals surface area contributed by atoms with E-state index < -0.39 is 40.2 Å². The Bertz CT molecular complexity index is 1450. The van der Waals surface area contributed by atoms with Gasteiger partial charge in [0.1, 0.15) is 17.2 Å². The van der Waals surface area contributed by atoms with E-state index >= 15 is 0 Å². The van der Waals surface area contributed by atoms with Crippen LogP contribution in [0.3, 0.4) is 0 Å². The number of carbonyl (C=O) groups is 2. The second-order valence-corrected chi connectivity index (χ2v) is 9.73. The summed E-state index contributed by atoms with van der Waals surface area (Å²) in [4.78, 5) is 40.6. The largest absolute Gasteiger partial charge is 0.503 e. The lowest BCUT2D eigenvalue weighted by atomic mass is 9.71. The van der Waals surface area contributed by atoms with Crippen molar-refractivity contribution in [3.05, 3.63) is 99.0 Å². The molecule has 0 atom stereocenters. The van der Waals surface area contributed by atoms with Gasteiger partial charge in [-0.3, -0.25) is 14.4 Å². The first-order valence-electron chi connectivity index (χ1n) is 12.4. The molecule has 2 heterocycles. The van der Waals surface area contributed by atoms with Crippen molar-refractivity contribution in [2.75, 3.05) is 13.1 Å². The normalized spacial score (nSPS) is 20.2. The molecule has 198 valence electrons. The average Bonchev–Trinajstić information content (AvgIpc) is 2.88. The van der Waals surface area contributed by atoms with Crippen LogP contribution in [-0.4, -0.2) is 45.6 Å². The Morgan fingerprint density at radius 1 is 1.16 bits per heavy atom. The number of aromatic hydroxyl groups is 1. The van der Waals surface area contributed by atoms with Gasteiger partial charge in [0, 0.05) is 37.5 Å². The van der Waals surface area contributed by atoms with Crippen LogP contribution in [0.15, 0.2) is 59.5 Å². The van der Waals surface area contributed by atoms with Gasteiger partial charge in [-0.2, -0.15) is 0 Å². The molecule has 0 saturated heterocycles. The summed E-state index contributed by atoms with van der Waals surface area (Å²) in [5, 5.41) is 13.2. The number of hydrogen-bond donors (Lipinski definition) is 2. The van der Waals surface area contributed by atoms with Gasteiger partial charge in [0.05, 0.1) is 18.2 Å². The van der Waals surface area contributed by atoms with Gasteiger partial charge in [-0.1, -0.05) is 36.4 Å². The molecule has 2 aromatic carbocycles. The zero-order valence-electron chi connectivity index (χ0n) is 20.7. The first-order valence-corrected chi connectivity index (χ1v) is 12.4. The summed E-state index contributed by atoms with van der Waals surface area (Å²) in [6, 6.07) is 12.7. The molecule has 5 rings (SSSR count). The number of rotatable bonds is 7. The second kappa shape index (κ2) is 10.0. The van der Waals surface area contributed by atoms with Gasteiger partial charge in [-0.05, 0) is 31.4 Å². The molecule has 8 nitrogen and oxygen atoms in total. The van der Waals surface area contributed by atoms with E-state index in [1.165, 1.54) is 16.8 Å². The van der Waals surface area contributed by atoms with E-state index in [1.54, 1.807) is 4.90 Å². The van der Waals surface area contributed by atoms with E-state index in [0.29, 0.717) is 38.6 Å². The highest BCUT2D eigenvalue weighted by Crippen LogP contribution is 2.46. The molecule has 1 aliphatic heterocycles. The van der Waals surface area contributed by atoms with Crippen molar-refractivity contribution in [2.24, 2.45) is 0 Å². The average molecular weight is 524 g/mol. The number of pyridine rings is 1. The van der Waals surface area contributed by atoms with Crippen molar-refractivity contribution in [2.45, 2.75) is 44.6 Å². The third-order valence-electron chi connectivity index (χ3n) is 7.29. The van der Waals surface area contributed by atoms with Crippen LogP contribution in [0.5, 0.6) is 5.75 Å². The summed E-state index contributed by atoms with van der Waals surface area (Å²) < 4.78 is 34.8. The molecule has 2 N–H and O–H groups in total. The third kappa shape index (κ3) is 4.56. The zero-order chi connectivity index (χ0) is 27.0. The number of carbonyl (C=O) groups excluding carboxylic acids is 2. The van der Waals surface area contributed by atoms with E-state index in [1.807, 2.05) is 37.3 Å². The van der Waals surface area contributed by atoms with Crippen molar-refractivity contribution in [3.63, 3.8) is 0 Å². The molecule has 38 heavy (non-hydrogen) atoms. The number of ether oxygens (including phenoxy) is 1. The number of nitrogens with one attached hydrogen (secondary N) is 1. The minimum atomic E-state index is -0.994. The SMILES string of the molecule is CCN1C[C@]2(C[C@@H](OCc3ccccc3)C2)n2cc(C(=O)NCc3ccc(F)cc3F)c(=O)c(O)c2C1=O. The molecular weight excluding hydrogens is 496 g/mol. The minimum Gasteiger partial charge on any atom is -0.503 e. The Balaban J connectivity index is 1.41. The van der Waals surface area contributed by atoms with E-state index in [-0.39, 0.29) is 29.5 Å². The first-order chi connectivity index (χ1) is 18.2. The number of benzene rings is 2. The summed E-state index contributed by atoms with van der Waals surface area (Å²) >= 11 is 0. The fourth-order valence-corrected chi connectivity index (χ4v) is 5.21. The predicted molar refractivity (Wildman–Crippen MR) is 134 cm³/mol. The van der Waals surface area contributed by atoms with Gasteiger partial charge < -0.3 is 24.6 Å². The fourth-order valence-electron chi connectivity index (χ4n) is 5.21. The van der Waals surface area contributed by atoms with Crippen molar-refractivity contribution in [1.82, 2.24) is 14.8 Å². The number of nitrogens with zero attached hydrogens (tertiary/aromatic N) is 2. The molecule has 1 fully saturated rings. The molecule has 3 aromatic rings. The summed E-state index contributed by atoms with van der Waals surface area (Å²) in [6.07, 6.45) is 2.21. The lowest BCUT2D eigenvalue weighted by Gasteiger charge is -2.54. The Morgan fingerprint density at radius 2 is 1.89 bits per heavy atom. The molecule has 1 spiro atoms. The molecule has 0 bridgehead atoms. The van der Waals surface area contributed by atoms with Gasteiger partial charge in [-0.15, -0.1) is 0 Å². The number of aromatic nitrogens is 1. The van der Waals surface area contributed by atoms with Crippen molar-refractivity contribution < 1.29 is 28.2 Å². The highest BCUT2D eigenvalue weighted by atomic mass is 19.1. The summed E-state index contributed by atoms with van der Waals surface area (Å²) in [5.74, 6) is -3.74. The monoisotopic (exact) mass is 523 g/mol. The molecule has 1 aliphatic carbocycles. The van der Waals surface area contributed by atoms with Crippen LogP contribution in [0.2, 0.25) is 0 Å². The van der Waals surface area contributed by atoms with Crippen LogP contribution < -0.4 is 10.7 Å². The van der Waals surface area contributed by atoms with E-state index in [2.05, 4.69) is 5.32 Å². The van der Waals surface area contributed by atoms with E-state index in [0.717, 1.165) is 11.6 Å². The fraction of sp³-hybridized carbons (Fsp3) is 0.321. The highest BCUT2D eigenvalue weighted by Gasteiger charge is 2.52. The van der Waals surface area contributed by atoms with Crippen LogP contribution in [0.1, 0.15) is 51.7 Å². The standard InChI is InChI=1S/C28H27F2N3O5/c1-2-32-16-28(11-20(12-28)38-15-17-6-4-3-5-7-17)33-14-21(24(34)25(35)23(33)27(32)37)26(36)31-13-18-8-9-19(29)10-22(18)30/h3-10,14,20,35H,2,11-13,15-16H2,1H3,(H,31,36)/t20-,28-. The van der Waals surface area contributed by atoms with Gasteiger partial charge in [-0.25, -0.2) is 8.78 Å². The smallest absolute Gasteiger partial charge is 0.274 e. The number of fused-ring (bicyclic) bond motifs is 2. The summed E-state index contributed by atoms with van der Waals surface area (Å²) in [6.45, 7) is 2.67. The first kappa shape index (κ1) is 25.6. The maximum Gasteiger partial charge on any atom is 0.274 e. The third-order valence-corrected chi connectivity index (χ3v) is 7.29. The van der Waals surface area contributed by atoms with E-state index in [4.69, 9.17) is 4.74 Å². The van der Waals surface area contributed by atoms with Crippen LogP contribution in [-0.2, 0) is 23.4 Å². The Labute approximate surface area is 217 Å². The molecule has 1 saturated carbocycles. The molecule has 0 radical (unpaired) electrons. The molecule has 2 aliphatic rings. The summed E-state index contributed by atoms with van der Waals surface area (Å²) in [5.41, 5.74) is -1.13. The highest BCUT2D eigenvalue weighted by molar-refractivity contribution is 5.99. The Kier molecular flexibility index (Phi) is 6.75. The van der Waals surface area contributed by atoms with Crippen LogP contribution >= 0.6 is 0 Å². The molecule has 0 unspecified atom stereocenters. The topological polar surface area (TPSA) is 101 Å². The molecule has 10 heteroatoms. The zero-order valence-corrected chi connectivity index (χ0v) is 20.7. The number of hydrogen-bond acceptors (Lipinski definition) is 5. The Morgan fingerprint density at radius 3 is 2.58 bits per heavy atom. The lowest BCUT2D eigenvalue weighted by Crippen LogP contribution is -2.62. The predicted octanol–water partition coefficient (Wildman–Crippen LogP) is 3.31. The number of amides is 2.